The Morgan fingerprint density at radius 1 is 0.500 bits per heavy atom. The lowest BCUT2D eigenvalue weighted by Gasteiger charge is -2.15. The molecule has 0 fully saturated rings. The largest absolute Gasteiger partial charge is 0.324 e. The van der Waals surface area contributed by atoms with Crippen molar-refractivity contribution in [3.8, 4) is 16.8 Å². The molecule has 1 heterocycles. The maximum atomic E-state index is 5.61. The zero-order valence-electron chi connectivity index (χ0n) is 29.5. The van der Waals surface area contributed by atoms with Crippen molar-refractivity contribution in [3.63, 3.8) is 0 Å². The molecule has 52 heavy (non-hydrogen) atoms. The number of nitrogens with two attached hydrogens (primary N) is 1. The summed E-state index contributed by atoms with van der Waals surface area (Å²) in [5.41, 5.74) is 15.6. The maximum absolute atomic E-state index is 5.61. The summed E-state index contributed by atoms with van der Waals surface area (Å²) in [4.78, 5) is 0. The number of fused-ring (bicyclic) bond motifs is 5. The lowest BCUT2D eigenvalue weighted by atomic mass is 10.0. The quantitative estimate of drug-likeness (QED) is 0.163. The van der Waals surface area contributed by atoms with Crippen LogP contribution in [0.4, 0.5) is 0 Å². The van der Waals surface area contributed by atoms with E-state index in [4.69, 9.17) is 5.73 Å². The van der Waals surface area contributed by atoms with Crippen molar-refractivity contribution < 1.29 is 0 Å². The van der Waals surface area contributed by atoms with E-state index in [2.05, 4.69) is 162 Å². The minimum absolute atomic E-state index is 0. The average molecular weight is 694 g/mol. The summed E-state index contributed by atoms with van der Waals surface area (Å²) < 4.78 is 2.45. The average Bonchev–Trinajstić information content (AvgIpc) is 3.51. The van der Waals surface area contributed by atoms with Gasteiger partial charge < -0.3 is 15.6 Å². The molecule has 9 aromatic rings. The minimum Gasteiger partial charge on any atom is -0.324 e. The molecule has 0 spiro atoms. The highest BCUT2D eigenvalue weighted by molar-refractivity contribution is 6.92. The molecule has 0 saturated heterocycles. The summed E-state index contributed by atoms with van der Waals surface area (Å²) >= 11 is 0. The second-order valence-electron chi connectivity index (χ2n) is 13.2. The van der Waals surface area contributed by atoms with Crippen LogP contribution in [0, 0.1) is 0 Å². The van der Waals surface area contributed by atoms with Gasteiger partial charge in [-0.05, 0) is 75.2 Å². The van der Waals surface area contributed by atoms with Gasteiger partial charge in [0.1, 0.15) is 0 Å². The third-order valence-corrected chi connectivity index (χ3v) is 9.80. The molecule has 3 N–H and O–H groups in total. The third-order valence-electron chi connectivity index (χ3n) is 9.80. The van der Waals surface area contributed by atoms with Crippen molar-refractivity contribution in [2.24, 2.45) is 5.73 Å². The van der Waals surface area contributed by atoms with E-state index in [0.717, 1.165) is 13.1 Å². The molecule has 0 aliphatic carbocycles. The van der Waals surface area contributed by atoms with Crippen LogP contribution in [0.25, 0.3) is 60.2 Å². The third kappa shape index (κ3) is 7.13. The molecule has 0 saturated carbocycles. The van der Waals surface area contributed by atoms with E-state index in [1.807, 2.05) is 37.3 Å². The SMILES string of the molecule is CC(N)c1ccccc1.P.c1ccc(-c2ccc(CNCc3ccc(-n4c5ccccc5c5cc6ccccc6cc54)c4ccccc34)cc2)cc1. The first kappa shape index (κ1) is 34.9. The predicted octanol–water partition coefficient (Wildman–Crippen LogP) is 11.8. The summed E-state index contributed by atoms with van der Waals surface area (Å²) in [6.45, 7) is 3.61. The van der Waals surface area contributed by atoms with Crippen molar-refractivity contribution in [1.82, 2.24) is 9.88 Å². The van der Waals surface area contributed by atoms with Crippen molar-refractivity contribution in [2.45, 2.75) is 26.1 Å². The second-order valence-corrected chi connectivity index (χ2v) is 13.2. The monoisotopic (exact) mass is 693 g/mol. The normalized spacial score (nSPS) is 11.7. The lowest BCUT2D eigenvalue weighted by molar-refractivity contribution is 0.696. The zero-order chi connectivity index (χ0) is 34.6. The Kier molecular flexibility index (Phi) is 10.6. The number of nitrogens with one attached hydrogen (secondary N) is 1. The van der Waals surface area contributed by atoms with Crippen LogP contribution < -0.4 is 11.1 Å². The molecule has 0 radical (unpaired) electrons. The summed E-state index contributed by atoms with van der Waals surface area (Å²) in [5.74, 6) is 0. The van der Waals surface area contributed by atoms with E-state index in [0.29, 0.717) is 0 Å². The fourth-order valence-electron chi connectivity index (χ4n) is 7.15. The Hall–Kier alpha value is -5.57. The highest BCUT2D eigenvalue weighted by Gasteiger charge is 2.16. The van der Waals surface area contributed by atoms with Gasteiger partial charge in [-0.1, -0.05) is 158 Å². The van der Waals surface area contributed by atoms with Gasteiger partial charge in [-0.3, -0.25) is 0 Å². The fraction of sp³-hybridized carbons (Fsp3) is 0.0833. The molecule has 2 atom stereocenters. The van der Waals surface area contributed by atoms with E-state index in [1.54, 1.807) is 0 Å². The van der Waals surface area contributed by atoms with Crippen LogP contribution in [-0.2, 0) is 13.1 Å². The van der Waals surface area contributed by atoms with Crippen molar-refractivity contribution in [2.75, 3.05) is 0 Å². The van der Waals surface area contributed by atoms with E-state index < -0.39 is 0 Å². The molecule has 2 unspecified atom stereocenters. The molecule has 0 aliphatic heterocycles. The highest BCUT2D eigenvalue weighted by atomic mass is 31.0. The Morgan fingerprint density at radius 3 is 1.77 bits per heavy atom. The fourth-order valence-corrected chi connectivity index (χ4v) is 7.15. The van der Waals surface area contributed by atoms with Gasteiger partial charge in [-0.15, -0.1) is 0 Å². The molecule has 0 aliphatic rings. The van der Waals surface area contributed by atoms with Crippen LogP contribution in [0.5, 0.6) is 0 Å². The molecule has 256 valence electrons. The summed E-state index contributed by atoms with van der Waals surface area (Å²) in [6.07, 6.45) is 0. The number of rotatable bonds is 7. The van der Waals surface area contributed by atoms with Crippen LogP contribution in [0.3, 0.4) is 0 Å². The van der Waals surface area contributed by atoms with Crippen LogP contribution in [-0.4, -0.2) is 4.57 Å². The molecule has 8 aromatic carbocycles. The number of nitrogens with zero attached hydrogens (tertiary/aromatic N) is 1. The van der Waals surface area contributed by atoms with Crippen molar-refractivity contribution in [3.05, 3.63) is 199 Å². The Balaban J connectivity index is 0.000000370. The van der Waals surface area contributed by atoms with E-state index >= 15 is 0 Å². The van der Waals surface area contributed by atoms with Gasteiger partial charge in [-0.2, -0.15) is 9.90 Å². The first-order valence-corrected chi connectivity index (χ1v) is 17.7. The number of hydrogen-bond donors (Lipinski definition) is 2. The van der Waals surface area contributed by atoms with Gasteiger partial charge in [0.05, 0.1) is 16.7 Å². The molecule has 1 aromatic heterocycles. The smallest absolute Gasteiger partial charge is 0.0547 e. The van der Waals surface area contributed by atoms with Gasteiger partial charge in [-0.25, -0.2) is 0 Å². The Morgan fingerprint density at radius 2 is 1.08 bits per heavy atom. The minimum atomic E-state index is 0. The maximum Gasteiger partial charge on any atom is 0.0547 e. The topological polar surface area (TPSA) is 43.0 Å². The van der Waals surface area contributed by atoms with Crippen LogP contribution >= 0.6 is 9.90 Å². The first-order chi connectivity index (χ1) is 25.1. The lowest BCUT2D eigenvalue weighted by Crippen LogP contribution is -2.13. The van der Waals surface area contributed by atoms with E-state index in [-0.39, 0.29) is 15.9 Å². The van der Waals surface area contributed by atoms with Gasteiger partial charge in [0.25, 0.3) is 0 Å². The summed E-state index contributed by atoms with van der Waals surface area (Å²) in [5, 5.41) is 11.4. The van der Waals surface area contributed by atoms with E-state index in [1.165, 1.54) is 76.9 Å². The van der Waals surface area contributed by atoms with Crippen LogP contribution in [0.1, 0.15) is 29.7 Å². The Bertz CT molecular complexity index is 2570. The number of benzene rings is 8. The molecular formula is C48H44N3P. The molecular weight excluding hydrogens is 650 g/mol. The standard InChI is InChI=1S/C40H30N2.C8H11N.H3P/c1-2-10-29(11-3-1)30-20-18-28(19-21-30)26-41-27-33-22-23-39(35-15-7-6-14-34(33)35)42-38-17-9-8-16-36(38)37-24-31-12-4-5-13-32(31)25-40(37)42;1-7(9)8-5-3-2-4-6-8;/h1-25,41H,26-27H2;2-7H,9H2,1H3;1H3. The van der Waals surface area contributed by atoms with Gasteiger partial charge in [0, 0.05) is 35.3 Å². The molecule has 0 bridgehead atoms. The second kappa shape index (κ2) is 15.8. The van der Waals surface area contributed by atoms with Crippen LogP contribution in [0.15, 0.2) is 182 Å². The first-order valence-electron chi connectivity index (χ1n) is 17.7. The van der Waals surface area contributed by atoms with Crippen molar-refractivity contribution in [1.29, 1.82) is 0 Å². The van der Waals surface area contributed by atoms with E-state index in [9.17, 15) is 0 Å². The zero-order valence-corrected chi connectivity index (χ0v) is 31.0. The number of hydrogen-bond acceptors (Lipinski definition) is 2. The highest BCUT2D eigenvalue weighted by Crippen LogP contribution is 2.37. The number of aromatic nitrogens is 1. The predicted molar refractivity (Wildman–Crippen MR) is 228 cm³/mol. The summed E-state index contributed by atoms with van der Waals surface area (Å²) in [7, 11) is 0. The van der Waals surface area contributed by atoms with Crippen molar-refractivity contribution >= 4 is 53.2 Å². The number of para-hydroxylation sites is 1. The molecule has 4 heteroatoms. The van der Waals surface area contributed by atoms with Gasteiger partial charge >= 0.3 is 0 Å². The Labute approximate surface area is 309 Å². The van der Waals surface area contributed by atoms with Crippen LogP contribution in [0.2, 0.25) is 0 Å². The van der Waals surface area contributed by atoms with Gasteiger partial charge in [0.15, 0.2) is 0 Å². The summed E-state index contributed by atoms with van der Waals surface area (Å²) in [6, 6.07) is 65.2. The molecule has 9 rings (SSSR count). The molecule has 3 nitrogen and oxygen atoms in total. The molecule has 0 amide bonds. The van der Waals surface area contributed by atoms with Gasteiger partial charge in [0.2, 0.25) is 0 Å².